The van der Waals surface area contributed by atoms with Crippen molar-refractivity contribution in [1.82, 2.24) is 45.0 Å². The van der Waals surface area contributed by atoms with E-state index in [1.54, 1.807) is 0 Å². The Labute approximate surface area is 283 Å². The largest absolute Gasteiger partial charge is 0.250 e. The second kappa shape index (κ2) is 23.7. The minimum atomic E-state index is 0.412. The van der Waals surface area contributed by atoms with Crippen LogP contribution in [-0.4, -0.2) is 45.0 Å². The average molecular weight is 644 g/mol. The fourth-order valence-corrected chi connectivity index (χ4v) is 4.60. The molecule has 2 aliphatic rings. The van der Waals surface area contributed by atoms with Gasteiger partial charge in [0, 0.05) is 24.3 Å². The van der Waals surface area contributed by atoms with E-state index in [1.807, 2.05) is 29.4 Å². The van der Waals surface area contributed by atoms with Crippen LogP contribution in [0, 0.1) is 11.8 Å². The summed E-state index contributed by atoms with van der Waals surface area (Å²) >= 11 is 0. The normalized spacial score (nSPS) is 13.6. The molecule has 0 radical (unpaired) electrons. The molecule has 5 rings (SSSR count). The summed E-state index contributed by atoms with van der Waals surface area (Å²) in [6.07, 6.45) is 13.2. The van der Waals surface area contributed by atoms with E-state index in [1.165, 1.54) is 67.7 Å². The maximum Gasteiger partial charge on any atom is 0.0859 e. The third-order valence-corrected chi connectivity index (χ3v) is 6.77. The van der Waals surface area contributed by atoms with Gasteiger partial charge in [0.25, 0.3) is 0 Å². The van der Waals surface area contributed by atoms with Crippen molar-refractivity contribution in [1.29, 1.82) is 0 Å². The molecule has 0 bridgehead atoms. The number of aryl methyl sites for hydroxylation is 2. The number of rotatable bonds is 4. The van der Waals surface area contributed by atoms with Gasteiger partial charge in [-0.2, -0.15) is 0 Å². The van der Waals surface area contributed by atoms with Crippen LogP contribution < -0.4 is 0 Å². The van der Waals surface area contributed by atoms with Crippen LogP contribution in [0.2, 0.25) is 0 Å². The first-order valence-corrected chi connectivity index (χ1v) is 18.4. The molecular formula is C37H73N9. The second-order valence-electron chi connectivity index (χ2n) is 14.6. The smallest absolute Gasteiger partial charge is 0.0859 e. The summed E-state index contributed by atoms with van der Waals surface area (Å²) in [4.78, 5) is 0. The number of hydrogen-bond donors (Lipinski definition) is 0. The quantitative estimate of drug-likeness (QED) is 0.281. The molecule has 0 fully saturated rings. The van der Waals surface area contributed by atoms with Gasteiger partial charge in [0.15, 0.2) is 0 Å². The van der Waals surface area contributed by atoms with Crippen LogP contribution in [0.15, 0.2) is 6.20 Å². The SMILES string of the molecule is CC.CC(C)C.CC(C)C.CC(C)c1cn(C(C)C)nn1.CC(C)n1nnc2c1CCC2.CC(C)n1nnc2c1CCCCCC2. The van der Waals surface area contributed by atoms with Gasteiger partial charge in [-0.05, 0) is 104 Å². The number of nitrogens with zero attached hydrogens (tertiary/aromatic N) is 9. The Hall–Kier alpha value is -2.58. The summed E-state index contributed by atoms with van der Waals surface area (Å²) in [5.41, 5.74) is 6.29. The van der Waals surface area contributed by atoms with Gasteiger partial charge in [0.2, 0.25) is 0 Å². The van der Waals surface area contributed by atoms with Crippen LogP contribution in [0.1, 0.15) is 195 Å². The Morgan fingerprint density at radius 3 is 1.22 bits per heavy atom. The zero-order chi connectivity index (χ0) is 35.4. The Kier molecular flexibility index (Phi) is 22.4. The van der Waals surface area contributed by atoms with Gasteiger partial charge < -0.3 is 0 Å². The Morgan fingerprint density at radius 2 is 0.870 bits per heavy atom. The van der Waals surface area contributed by atoms with Crippen molar-refractivity contribution in [3.63, 3.8) is 0 Å². The first-order chi connectivity index (χ1) is 21.6. The van der Waals surface area contributed by atoms with Crippen LogP contribution in [0.4, 0.5) is 0 Å². The zero-order valence-corrected chi connectivity index (χ0v) is 32.9. The van der Waals surface area contributed by atoms with E-state index in [-0.39, 0.29) is 0 Å². The van der Waals surface area contributed by atoms with Crippen molar-refractivity contribution < 1.29 is 0 Å². The highest BCUT2D eigenvalue weighted by Gasteiger charge is 2.19. The summed E-state index contributed by atoms with van der Waals surface area (Å²) in [5.74, 6) is 2.14. The van der Waals surface area contributed by atoms with E-state index in [0.29, 0.717) is 24.0 Å². The summed E-state index contributed by atoms with van der Waals surface area (Å²) in [6.45, 7) is 34.1. The molecular weight excluding hydrogens is 570 g/mol. The average Bonchev–Trinajstić information content (AvgIpc) is 3.74. The predicted octanol–water partition coefficient (Wildman–Crippen LogP) is 10.2. The molecule has 9 nitrogen and oxygen atoms in total. The van der Waals surface area contributed by atoms with Crippen molar-refractivity contribution >= 4 is 0 Å². The molecule has 0 unspecified atom stereocenters. The van der Waals surface area contributed by atoms with Gasteiger partial charge in [-0.15, -0.1) is 15.3 Å². The molecule has 0 aromatic carbocycles. The fraction of sp³-hybridized carbons (Fsp3) is 0.838. The van der Waals surface area contributed by atoms with Crippen LogP contribution in [0.3, 0.4) is 0 Å². The topological polar surface area (TPSA) is 92.1 Å². The summed E-state index contributed by atoms with van der Waals surface area (Å²) in [6, 6.07) is 1.32. The van der Waals surface area contributed by atoms with Crippen molar-refractivity contribution in [3.8, 4) is 0 Å². The Morgan fingerprint density at radius 1 is 0.478 bits per heavy atom. The third-order valence-electron chi connectivity index (χ3n) is 6.77. The number of fused-ring (bicyclic) bond motifs is 2. The lowest BCUT2D eigenvalue weighted by molar-refractivity contribution is 0.485. The molecule has 266 valence electrons. The Balaban J connectivity index is 0.000000581. The summed E-state index contributed by atoms with van der Waals surface area (Å²) in [5, 5.41) is 24.8. The van der Waals surface area contributed by atoms with Crippen molar-refractivity contribution in [2.45, 2.75) is 193 Å². The van der Waals surface area contributed by atoms with Crippen LogP contribution >= 0.6 is 0 Å². The van der Waals surface area contributed by atoms with Crippen LogP contribution in [0.5, 0.6) is 0 Å². The Bertz CT molecular complexity index is 1120. The van der Waals surface area contributed by atoms with E-state index in [2.05, 4.69) is 133 Å². The molecule has 2 aliphatic carbocycles. The minimum Gasteiger partial charge on any atom is -0.250 e. The maximum atomic E-state index is 4.29. The van der Waals surface area contributed by atoms with Gasteiger partial charge in [-0.3, -0.25) is 0 Å². The van der Waals surface area contributed by atoms with Gasteiger partial charge in [-0.25, -0.2) is 14.0 Å². The zero-order valence-electron chi connectivity index (χ0n) is 32.9. The molecule has 0 saturated carbocycles. The number of aromatic nitrogens is 9. The lowest BCUT2D eigenvalue weighted by atomic mass is 10.0. The fourth-order valence-electron chi connectivity index (χ4n) is 4.60. The van der Waals surface area contributed by atoms with Gasteiger partial charge in [0.05, 0.1) is 28.5 Å². The van der Waals surface area contributed by atoms with E-state index < -0.39 is 0 Å². The van der Waals surface area contributed by atoms with Crippen molar-refractivity contribution in [3.05, 3.63) is 34.7 Å². The third kappa shape index (κ3) is 16.8. The lowest BCUT2D eigenvalue weighted by Crippen LogP contribution is -2.09. The minimum absolute atomic E-state index is 0.412. The van der Waals surface area contributed by atoms with Crippen LogP contribution in [0.25, 0.3) is 0 Å². The molecule has 0 N–H and O–H groups in total. The molecule has 46 heavy (non-hydrogen) atoms. The molecule has 9 heteroatoms. The first-order valence-electron chi connectivity index (χ1n) is 18.4. The molecule has 0 aliphatic heterocycles. The van der Waals surface area contributed by atoms with Crippen LogP contribution in [-0.2, 0) is 25.7 Å². The highest BCUT2D eigenvalue weighted by Crippen LogP contribution is 2.22. The monoisotopic (exact) mass is 644 g/mol. The predicted molar refractivity (Wildman–Crippen MR) is 196 cm³/mol. The van der Waals surface area contributed by atoms with E-state index in [9.17, 15) is 0 Å². The highest BCUT2D eigenvalue weighted by molar-refractivity contribution is 5.16. The molecule has 0 amide bonds. The van der Waals surface area contributed by atoms with E-state index in [4.69, 9.17) is 0 Å². The van der Waals surface area contributed by atoms with Crippen molar-refractivity contribution in [2.75, 3.05) is 0 Å². The standard InChI is InChI=1S/C11H19N3.C8H13N3.C8H15N3.2C4H10.C2H6/c1-9(2)14-11-8-6-4-3-5-7-10(11)12-13-14;1-6(2)11-8-5-3-4-7(8)9-10-11;1-6(2)8-5-11(7(3)4)10-9-8;2*1-4(2)3;1-2/h9H,3-8H2,1-2H3;6H,3-5H2,1-2H3;5-7H,1-4H3;2*4H,1-3H3;1-2H3. The molecule has 0 atom stereocenters. The first kappa shape index (κ1) is 43.4. The molecule has 0 spiro atoms. The molecule has 3 aromatic rings. The molecule has 3 heterocycles. The van der Waals surface area contributed by atoms with Gasteiger partial charge >= 0.3 is 0 Å². The summed E-state index contributed by atoms with van der Waals surface area (Å²) < 4.78 is 6.03. The number of hydrogen-bond acceptors (Lipinski definition) is 6. The highest BCUT2D eigenvalue weighted by atomic mass is 15.4. The van der Waals surface area contributed by atoms with Gasteiger partial charge in [0.1, 0.15) is 0 Å². The molecule has 3 aromatic heterocycles. The van der Waals surface area contributed by atoms with Gasteiger partial charge in [-0.1, -0.05) is 97.7 Å². The lowest BCUT2D eigenvalue weighted by Gasteiger charge is -2.12. The van der Waals surface area contributed by atoms with E-state index in [0.717, 1.165) is 30.4 Å². The maximum absolute atomic E-state index is 4.29. The van der Waals surface area contributed by atoms with E-state index >= 15 is 0 Å². The second-order valence-corrected chi connectivity index (χ2v) is 14.6. The summed E-state index contributed by atoms with van der Waals surface area (Å²) in [7, 11) is 0. The molecule has 0 saturated heterocycles. The van der Waals surface area contributed by atoms with Crippen molar-refractivity contribution in [2.24, 2.45) is 11.8 Å².